The molecule has 22 heavy (non-hydrogen) atoms. The van der Waals surface area contributed by atoms with E-state index in [1.165, 1.54) is 12.1 Å². The molecule has 2 aromatic carbocycles. The standard InChI is InChI=1S/C17H13FN2O2/c18-12-7-5-11(6-8-12)9-20-10-14(16(21)17(19)22)13-3-1-2-4-15(13)20/h1-8,10H,9H2,(H2,19,22). The van der Waals surface area contributed by atoms with Crippen LogP contribution in [0.4, 0.5) is 4.39 Å². The van der Waals surface area contributed by atoms with Gasteiger partial charge in [0.2, 0.25) is 0 Å². The van der Waals surface area contributed by atoms with Crippen molar-refractivity contribution in [2.75, 3.05) is 0 Å². The highest BCUT2D eigenvalue weighted by Crippen LogP contribution is 2.23. The molecule has 0 radical (unpaired) electrons. The van der Waals surface area contributed by atoms with E-state index in [-0.39, 0.29) is 11.4 Å². The second-order valence-corrected chi connectivity index (χ2v) is 5.01. The molecule has 1 aromatic heterocycles. The number of benzene rings is 2. The minimum Gasteiger partial charge on any atom is -0.363 e. The SMILES string of the molecule is NC(=O)C(=O)c1cn(Cc2ccc(F)cc2)c2ccccc12. The molecule has 110 valence electrons. The zero-order chi connectivity index (χ0) is 15.7. The predicted octanol–water partition coefficient (Wildman–Crippen LogP) is 2.50. The number of nitrogens with zero attached hydrogens (tertiary/aromatic N) is 1. The maximum absolute atomic E-state index is 13.0. The van der Waals surface area contributed by atoms with Crippen LogP contribution in [0.3, 0.4) is 0 Å². The third-order valence-corrected chi connectivity index (χ3v) is 3.52. The lowest BCUT2D eigenvalue weighted by atomic mass is 10.1. The van der Waals surface area contributed by atoms with E-state index in [1.54, 1.807) is 30.5 Å². The van der Waals surface area contributed by atoms with Gasteiger partial charge < -0.3 is 10.3 Å². The van der Waals surface area contributed by atoms with Crippen LogP contribution in [0.1, 0.15) is 15.9 Å². The first-order chi connectivity index (χ1) is 10.6. The second-order valence-electron chi connectivity index (χ2n) is 5.01. The Bertz CT molecular complexity index is 866. The first-order valence-corrected chi connectivity index (χ1v) is 6.72. The van der Waals surface area contributed by atoms with Gasteiger partial charge in [-0.15, -0.1) is 0 Å². The smallest absolute Gasteiger partial charge is 0.289 e. The van der Waals surface area contributed by atoms with Crippen LogP contribution in [0.25, 0.3) is 10.9 Å². The van der Waals surface area contributed by atoms with E-state index < -0.39 is 11.7 Å². The zero-order valence-corrected chi connectivity index (χ0v) is 11.6. The minimum atomic E-state index is -0.982. The number of fused-ring (bicyclic) bond motifs is 1. The Kier molecular flexibility index (Phi) is 3.47. The topological polar surface area (TPSA) is 65.1 Å². The number of para-hydroxylation sites is 1. The van der Waals surface area contributed by atoms with Gasteiger partial charge in [-0.2, -0.15) is 0 Å². The quantitative estimate of drug-likeness (QED) is 0.594. The normalized spacial score (nSPS) is 10.8. The Labute approximate surface area is 126 Å². The summed E-state index contributed by atoms with van der Waals surface area (Å²) in [6.07, 6.45) is 1.61. The van der Waals surface area contributed by atoms with Gasteiger partial charge in [-0.1, -0.05) is 30.3 Å². The summed E-state index contributed by atoms with van der Waals surface area (Å²) in [7, 11) is 0. The summed E-state index contributed by atoms with van der Waals surface area (Å²) in [6.45, 7) is 0.465. The summed E-state index contributed by atoms with van der Waals surface area (Å²) in [5.41, 5.74) is 7.09. The van der Waals surface area contributed by atoms with E-state index in [4.69, 9.17) is 5.73 Å². The molecule has 1 amide bonds. The van der Waals surface area contributed by atoms with E-state index in [0.717, 1.165) is 11.1 Å². The molecule has 0 saturated carbocycles. The molecule has 3 rings (SSSR count). The molecule has 0 fully saturated rings. The van der Waals surface area contributed by atoms with E-state index >= 15 is 0 Å². The van der Waals surface area contributed by atoms with Crippen LogP contribution in [0.15, 0.2) is 54.7 Å². The zero-order valence-electron chi connectivity index (χ0n) is 11.6. The number of ketones is 1. The van der Waals surface area contributed by atoms with Crippen LogP contribution >= 0.6 is 0 Å². The Balaban J connectivity index is 2.08. The van der Waals surface area contributed by atoms with Gasteiger partial charge in [0.25, 0.3) is 11.7 Å². The van der Waals surface area contributed by atoms with E-state index in [2.05, 4.69) is 0 Å². The van der Waals surface area contributed by atoms with Crippen LogP contribution in [0.5, 0.6) is 0 Å². The summed E-state index contributed by atoms with van der Waals surface area (Å²) in [5.74, 6) is -2.00. The summed E-state index contributed by atoms with van der Waals surface area (Å²) >= 11 is 0. The number of hydrogen-bond donors (Lipinski definition) is 1. The van der Waals surface area contributed by atoms with Crippen molar-refractivity contribution in [1.29, 1.82) is 0 Å². The number of aromatic nitrogens is 1. The van der Waals surface area contributed by atoms with E-state index in [9.17, 15) is 14.0 Å². The first-order valence-electron chi connectivity index (χ1n) is 6.72. The number of amides is 1. The Morgan fingerprint density at radius 3 is 2.41 bits per heavy atom. The van der Waals surface area contributed by atoms with Crippen LogP contribution < -0.4 is 5.73 Å². The van der Waals surface area contributed by atoms with Crippen molar-refractivity contribution in [1.82, 2.24) is 4.57 Å². The molecule has 0 atom stereocenters. The molecule has 0 aliphatic carbocycles. The molecule has 0 aliphatic heterocycles. The van der Waals surface area contributed by atoms with Gasteiger partial charge in [-0.3, -0.25) is 9.59 Å². The lowest BCUT2D eigenvalue weighted by Gasteiger charge is -2.05. The highest BCUT2D eigenvalue weighted by molar-refractivity contribution is 6.44. The molecule has 5 heteroatoms. The molecule has 2 N–H and O–H groups in total. The molecular formula is C17H13FN2O2. The number of carbonyl (C=O) groups is 2. The Morgan fingerprint density at radius 1 is 1.05 bits per heavy atom. The number of Topliss-reactive ketones (excluding diaryl/α,β-unsaturated/α-hetero) is 1. The monoisotopic (exact) mass is 296 g/mol. The van der Waals surface area contributed by atoms with Gasteiger partial charge in [0.05, 0.1) is 5.56 Å². The van der Waals surface area contributed by atoms with Gasteiger partial charge in [-0.25, -0.2) is 4.39 Å². The highest BCUT2D eigenvalue weighted by Gasteiger charge is 2.19. The van der Waals surface area contributed by atoms with Crippen molar-refractivity contribution in [2.24, 2.45) is 5.73 Å². The van der Waals surface area contributed by atoms with Crippen LogP contribution in [-0.4, -0.2) is 16.3 Å². The fourth-order valence-electron chi connectivity index (χ4n) is 2.48. The number of carbonyl (C=O) groups excluding carboxylic acids is 2. The predicted molar refractivity (Wildman–Crippen MR) is 81.0 cm³/mol. The summed E-state index contributed by atoms with van der Waals surface area (Å²) < 4.78 is 14.8. The van der Waals surface area contributed by atoms with Gasteiger partial charge in [0.1, 0.15) is 5.82 Å². The maximum atomic E-state index is 13.0. The lowest BCUT2D eigenvalue weighted by Crippen LogP contribution is -2.22. The van der Waals surface area contributed by atoms with Crippen molar-refractivity contribution in [3.05, 3.63) is 71.7 Å². The molecule has 0 aliphatic rings. The molecule has 1 heterocycles. The van der Waals surface area contributed by atoms with Gasteiger partial charge in [0, 0.05) is 23.6 Å². The minimum absolute atomic E-state index is 0.283. The Hall–Kier alpha value is -2.95. The van der Waals surface area contributed by atoms with Crippen molar-refractivity contribution in [3.8, 4) is 0 Å². The van der Waals surface area contributed by atoms with Crippen molar-refractivity contribution < 1.29 is 14.0 Å². The molecule has 3 aromatic rings. The fourth-order valence-corrected chi connectivity index (χ4v) is 2.48. The average Bonchev–Trinajstić information content (AvgIpc) is 2.88. The third-order valence-electron chi connectivity index (χ3n) is 3.52. The van der Waals surface area contributed by atoms with Crippen LogP contribution in [-0.2, 0) is 11.3 Å². The second kappa shape index (κ2) is 5.44. The maximum Gasteiger partial charge on any atom is 0.289 e. The summed E-state index contributed by atoms with van der Waals surface area (Å²) in [4.78, 5) is 23.1. The van der Waals surface area contributed by atoms with Gasteiger partial charge >= 0.3 is 0 Å². The molecule has 0 bridgehead atoms. The molecule has 0 saturated heterocycles. The Morgan fingerprint density at radius 2 is 1.73 bits per heavy atom. The summed E-state index contributed by atoms with van der Waals surface area (Å²) in [5, 5.41) is 0.674. The summed E-state index contributed by atoms with van der Waals surface area (Å²) in [6, 6.07) is 13.4. The average molecular weight is 296 g/mol. The van der Waals surface area contributed by atoms with Gasteiger partial charge in [0.15, 0.2) is 0 Å². The fraction of sp³-hybridized carbons (Fsp3) is 0.0588. The first kappa shape index (κ1) is 14.0. The van der Waals surface area contributed by atoms with Crippen molar-refractivity contribution in [2.45, 2.75) is 6.54 Å². The van der Waals surface area contributed by atoms with Crippen molar-refractivity contribution in [3.63, 3.8) is 0 Å². The third kappa shape index (κ3) is 2.48. The van der Waals surface area contributed by atoms with Gasteiger partial charge in [-0.05, 0) is 23.8 Å². The number of halogens is 1. The van der Waals surface area contributed by atoms with E-state index in [1.807, 2.05) is 16.7 Å². The molecule has 0 spiro atoms. The molecule has 0 unspecified atom stereocenters. The molecule has 4 nitrogen and oxygen atoms in total. The number of rotatable bonds is 4. The van der Waals surface area contributed by atoms with Crippen LogP contribution in [0, 0.1) is 5.82 Å². The number of nitrogens with two attached hydrogens (primary N) is 1. The highest BCUT2D eigenvalue weighted by atomic mass is 19.1. The number of hydrogen-bond acceptors (Lipinski definition) is 2. The van der Waals surface area contributed by atoms with E-state index in [0.29, 0.717) is 11.9 Å². The largest absolute Gasteiger partial charge is 0.363 e. The lowest BCUT2D eigenvalue weighted by molar-refractivity contribution is -0.114. The van der Waals surface area contributed by atoms with Crippen LogP contribution in [0.2, 0.25) is 0 Å². The van der Waals surface area contributed by atoms with Crippen molar-refractivity contribution >= 4 is 22.6 Å². The molecular weight excluding hydrogens is 283 g/mol. The number of primary amides is 1.